The minimum Gasteiger partial charge on any atom is -0.496 e. The quantitative estimate of drug-likeness (QED) is 0.674. The maximum atomic E-state index is 12.0. The van der Waals surface area contributed by atoms with Crippen LogP contribution in [-0.2, 0) is 4.79 Å². The monoisotopic (exact) mass is 291 g/mol. The first-order valence-electron chi connectivity index (χ1n) is 6.10. The third kappa shape index (κ3) is 2.60. The molecule has 1 aromatic carbocycles. The Hall–Kier alpha value is -2.08. The number of amides is 1. The lowest BCUT2D eigenvalue weighted by atomic mass is 10.1. The fourth-order valence-corrected chi connectivity index (χ4v) is 2.07. The lowest BCUT2D eigenvalue weighted by Gasteiger charge is -2.15. The number of carbonyl (C=O) groups is 1. The molecule has 0 aliphatic carbocycles. The number of methoxy groups -OCH3 is 1. The number of rotatable bonds is 3. The molecule has 2 rings (SSSR count). The molecule has 106 valence electrons. The zero-order valence-electron chi connectivity index (χ0n) is 11.9. The Kier molecular flexibility index (Phi) is 3.94. The number of ether oxygens (including phenoxy) is 1. The van der Waals surface area contributed by atoms with E-state index in [1.807, 2.05) is 37.2 Å². The Bertz CT molecular complexity index is 596. The molecule has 0 spiro atoms. The van der Waals surface area contributed by atoms with E-state index in [2.05, 4.69) is 5.32 Å². The van der Waals surface area contributed by atoms with Gasteiger partial charge in [0.1, 0.15) is 11.4 Å². The summed E-state index contributed by atoms with van der Waals surface area (Å²) in [7, 11) is 7.17. The summed E-state index contributed by atoms with van der Waals surface area (Å²) in [5.41, 5.74) is 2.31. The van der Waals surface area contributed by atoms with Gasteiger partial charge in [0.2, 0.25) is 0 Å². The summed E-state index contributed by atoms with van der Waals surface area (Å²) in [6.45, 7) is 0. The Labute approximate surface area is 123 Å². The molecule has 1 aliphatic heterocycles. The molecule has 5 nitrogen and oxygen atoms in total. The van der Waals surface area contributed by atoms with Gasteiger partial charge in [-0.3, -0.25) is 9.69 Å². The molecule has 1 N–H and O–H groups in total. The van der Waals surface area contributed by atoms with Gasteiger partial charge >= 0.3 is 0 Å². The van der Waals surface area contributed by atoms with Crippen molar-refractivity contribution in [3.8, 4) is 5.75 Å². The second kappa shape index (κ2) is 5.50. The van der Waals surface area contributed by atoms with Crippen LogP contribution in [0.15, 0.2) is 23.9 Å². The Morgan fingerprint density at radius 2 is 2.10 bits per heavy atom. The summed E-state index contributed by atoms with van der Waals surface area (Å²) in [4.78, 5) is 15.3. The van der Waals surface area contributed by atoms with Gasteiger partial charge in [-0.2, -0.15) is 0 Å². The molecule has 0 unspecified atom stereocenters. The summed E-state index contributed by atoms with van der Waals surface area (Å²) < 4.78 is 5.38. The second-order valence-corrected chi connectivity index (χ2v) is 5.06. The molecule has 0 atom stereocenters. The maximum Gasteiger partial charge on any atom is 0.276 e. The average Bonchev–Trinajstić information content (AvgIpc) is 2.66. The van der Waals surface area contributed by atoms with Gasteiger partial charge in [0.15, 0.2) is 5.11 Å². The van der Waals surface area contributed by atoms with E-state index in [0.717, 1.165) is 11.3 Å². The summed E-state index contributed by atoms with van der Waals surface area (Å²) in [5, 5.41) is 3.30. The van der Waals surface area contributed by atoms with Crippen LogP contribution in [0.4, 0.5) is 5.69 Å². The molecule has 1 aromatic rings. The van der Waals surface area contributed by atoms with Crippen molar-refractivity contribution < 1.29 is 9.53 Å². The van der Waals surface area contributed by atoms with Crippen molar-refractivity contribution in [1.29, 1.82) is 0 Å². The number of carbonyl (C=O) groups excluding carboxylic acids is 1. The molecule has 0 bridgehead atoms. The zero-order valence-corrected chi connectivity index (χ0v) is 12.7. The van der Waals surface area contributed by atoms with Crippen LogP contribution < -0.4 is 15.0 Å². The van der Waals surface area contributed by atoms with Gasteiger partial charge in [-0.1, -0.05) is 0 Å². The van der Waals surface area contributed by atoms with Crippen molar-refractivity contribution in [2.45, 2.75) is 0 Å². The predicted octanol–water partition coefficient (Wildman–Crippen LogP) is 1.45. The van der Waals surface area contributed by atoms with E-state index in [1.165, 1.54) is 4.90 Å². The second-order valence-electron chi connectivity index (χ2n) is 4.67. The van der Waals surface area contributed by atoms with Crippen LogP contribution in [0, 0.1) is 0 Å². The molecular formula is C14H17N3O2S. The number of thiocarbonyl (C=S) groups is 1. The third-order valence-corrected chi connectivity index (χ3v) is 3.49. The average molecular weight is 291 g/mol. The summed E-state index contributed by atoms with van der Waals surface area (Å²) in [6, 6.07) is 5.81. The fourth-order valence-electron chi connectivity index (χ4n) is 1.88. The molecule has 6 heteroatoms. The van der Waals surface area contributed by atoms with Crippen LogP contribution in [0.3, 0.4) is 0 Å². The Morgan fingerprint density at radius 3 is 2.60 bits per heavy atom. The van der Waals surface area contributed by atoms with Gasteiger partial charge in [-0.15, -0.1) is 0 Å². The van der Waals surface area contributed by atoms with Crippen LogP contribution in [-0.4, -0.2) is 44.2 Å². The molecule has 1 amide bonds. The van der Waals surface area contributed by atoms with E-state index in [0.29, 0.717) is 16.6 Å². The van der Waals surface area contributed by atoms with Gasteiger partial charge < -0.3 is 15.0 Å². The van der Waals surface area contributed by atoms with Gasteiger partial charge in [-0.05, 0) is 30.4 Å². The molecule has 0 saturated carbocycles. The number of likely N-dealkylation sites (N-methyl/N-ethyl adjacent to an activating group) is 1. The highest BCUT2D eigenvalue weighted by molar-refractivity contribution is 7.80. The van der Waals surface area contributed by atoms with Crippen molar-refractivity contribution in [3.63, 3.8) is 0 Å². The number of hydrogen-bond donors (Lipinski definition) is 1. The standard InChI is InChI=1S/C14H17N3O2S/c1-16(2)10-6-5-9(12(8-10)19-4)7-11-13(18)17(3)14(20)15-11/h5-8H,1-4H3,(H,15,20)/b11-7-. The molecule has 1 saturated heterocycles. The minimum atomic E-state index is -0.145. The number of anilines is 1. The van der Waals surface area contributed by atoms with Crippen molar-refractivity contribution in [2.75, 3.05) is 33.2 Å². The van der Waals surface area contributed by atoms with Gasteiger partial charge in [0.25, 0.3) is 5.91 Å². The first-order chi connectivity index (χ1) is 9.43. The summed E-state index contributed by atoms with van der Waals surface area (Å²) in [5.74, 6) is 0.563. The van der Waals surface area contributed by atoms with E-state index >= 15 is 0 Å². The SMILES string of the molecule is COc1cc(N(C)C)ccc1/C=C1\NC(=S)N(C)C1=O. The molecule has 1 aliphatic rings. The van der Waals surface area contributed by atoms with Crippen molar-refractivity contribution >= 4 is 35.0 Å². The molecule has 1 fully saturated rings. The molecule has 0 radical (unpaired) electrons. The largest absolute Gasteiger partial charge is 0.496 e. The molecule has 20 heavy (non-hydrogen) atoms. The zero-order chi connectivity index (χ0) is 14.9. The highest BCUT2D eigenvalue weighted by Gasteiger charge is 2.27. The van der Waals surface area contributed by atoms with Crippen LogP contribution >= 0.6 is 12.2 Å². The van der Waals surface area contributed by atoms with Crippen LogP contribution in [0.5, 0.6) is 5.75 Å². The van der Waals surface area contributed by atoms with Gasteiger partial charge in [0, 0.05) is 38.5 Å². The summed E-state index contributed by atoms with van der Waals surface area (Å²) >= 11 is 5.04. The van der Waals surface area contributed by atoms with Crippen LogP contribution in [0.25, 0.3) is 6.08 Å². The highest BCUT2D eigenvalue weighted by atomic mass is 32.1. The molecular weight excluding hydrogens is 274 g/mol. The molecule has 1 heterocycles. The topological polar surface area (TPSA) is 44.8 Å². The lowest BCUT2D eigenvalue weighted by Crippen LogP contribution is -2.25. The van der Waals surface area contributed by atoms with E-state index in [-0.39, 0.29) is 5.91 Å². The highest BCUT2D eigenvalue weighted by Crippen LogP contribution is 2.27. The lowest BCUT2D eigenvalue weighted by molar-refractivity contribution is -0.121. The number of nitrogens with one attached hydrogen (secondary N) is 1. The predicted molar refractivity (Wildman–Crippen MR) is 83.8 cm³/mol. The first-order valence-corrected chi connectivity index (χ1v) is 6.51. The fraction of sp³-hybridized carbons (Fsp3) is 0.286. The van der Waals surface area contributed by atoms with Crippen LogP contribution in [0.2, 0.25) is 0 Å². The van der Waals surface area contributed by atoms with E-state index in [9.17, 15) is 4.79 Å². The number of benzene rings is 1. The summed E-state index contributed by atoms with van der Waals surface area (Å²) in [6.07, 6.45) is 1.75. The van der Waals surface area contributed by atoms with E-state index in [1.54, 1.807) is 20.2 Å². The Morgan fingerprint density at radius 1 is 1.40 bits per heavy atom. The first kappa shape index (κ1) is 14.3. The minimum absolute atomic E-state index is 0.145. The van der Waals surface area contributed by atoms with Crippen molar-refractivity contribution in [1.82, 2.24) is 10.2 Å². The smallest absolute Gasteiger partial charge is 0.276 e. The van der Waals surface area contributed by atoms with E-state index < -0.39 is 0 Å². The van der Waals surface area contributed by atoms with Gasteiger partial charge in [0.05, 0.1) is 7.11 Å². The Balaban J connectivity index is 2.39. The number of nitrogens with zero attached hydrogens (tertiary/aromatic N) is 2. The molecule has 0 aromatic heterocycles. The van der Waals surface area contributed by atoms with Gasteiger partial charge in [-0.25, -0.2) is 0 Å². The van der Waals surface area contributed by atoms with Crippen LogP contribution in [0.1, 0.15) is 5.56 Å². The number of hydrogen-bond acceptors (Lipinski definition) is 4. The van der Waals surface area contributed by atoms with E-state index in [4.69, 9.17) is 17.0 Å². The van der Waals surface area contributed by atoms with Crippen molar-refractivity contribution in [3.05, 3.63) is 29.5 Å². The maximum absolute atomic E-state index is 12.0. The third-order valence-electron chi connectivity index (χ3n) is 3.11. The normalized spacial score (nSPS) is 16.6. The van der Waals surface area contributed by atoms with Crippen molar-refractivity contribution in [2.24, 2.45) is 0 Å².